The van der Waals surface area contributed by atoms with E-state index in [0.717, 1.165) is 17.2 Å². The van der Waals surface area contributed by atoms with Crippen molar-refractivity contribution in [3.8, 4) is 0 Å². The first-order chi connectivity index (χ1) is 6.17. The third-order valence-electron chi connectivity index (χ3n) is 2.04. The van der Waals surface area contributed by atoms with Crippen LogP contribution < -0.4 is 5.32 Å². The van der Waals surface area contributed by atoms with Gasteiger partial charge >= 0.3 is 0 Å². The van der Waals surface area contributed by atoms with Crippen LogP contribution in [-0.2, 0) is 0 Å². The molecule has 0 aromatic carbocycles. The van der Waals surface area contributed by atoms with E-state index in [2.05, 4.69) is 24.1 Å². The van der Waals surface area contributed by atoms with Crippen LogP contribution in [0.15, 0.2) is 0 Å². The highest BCUT2D eigenvalue weighted by Gasteiger charge is 2.08. The maximum atomic E-state index is 5.78. The predicted octanol–water partition coefficient (Wildman–Crippen LogP) is 3.19. The second-order valence-electron chi connectivity index (χ2n) is 3.06. The summed E-state index contributed by atoms with van der Waals surface area (Å²) in [6.07, 6.45) is 1.03. The SMILES string of the molecule is CCC(CCl)Nc1nc(C)c(C)s1. The van der Waals surface area contributed by atoms with Crippen LogP contribution >= 0.6 is 22.9 Å². The minimum atomic E-state index is 0.339. The van der Waals surface area contributed by atoms with Gasteiger partial charge in [0.15, 0.2) is 5.13 Å². The van der Waals surface area contributed by atoms with Gasteiger partial charge in [-0.1, -0.05) is 6.92 Å². The number of nitrogens with zero attached hydrogens (tertiary/aromatic N) is 1. The summed E-state index contributed by atoms with van der Waals surface area (Å²) in [6, 6.07) is 0.339. The molecule has 1 N–H and O–H groups in total. The first-order valence-electron chi connectivity index (χ1n) is 4.44. The lowest BCUT2D eigenvalue weighted by atomic mass is 10.3. The molecule has 1 rings (SSSR count). The van der Waals surface area contributed by atoms with Gasteiger partial charge in [-0.3, -0.25) is 0 Å². The molecule has 0 bridgehead atoms. The number of anilines is 1. The summed E-state index contributed by atoms with van der Waals surface area (Å²) < 4.78 is 0. The van der Waals surface area contributed by atoms with Gasteiger partial charge in [0.2, 0.25) is 0 Å². The summed E-state index contributed by atoms with van der Waals surface area (Å²) in [5, 5.41) is 4.30. The molecule has 0 fully saturated rings. The summed E-state index contributed by atoms with van der Waals surface area (Å²) in [5.41, 5.74) is 1.11. The van der Waals surface area contributed by atoms with Crippen molar-refractivity contribution < 1.29 is 0 Å². The molecule has 2 nitrogen and oxygen atoms in total. The van der Waals surface area contributed by atoms with Gasteiger partial charge in [-0.2, -0.15) is 0 Å². The molecule has 0 amide bonds. The summed E-state index contributed by atoms with van der Waals surface area (Å²) >= 11 is 7.47. The van der Waals surface area contributed by atoms with Crippen molar-refractivity contribution in [1.82, 2.24) is 4.98 Å². The zero-order chi connectivity index (χ0) is 9.84. The molecule has 74 valence electrons. The summed E-state index contributed by atoms with van der Waals surface area (Å²) in [7, 11) is 0. The van der Waals surface area contributed by atoms with Crippen LogP contribution in [-0.4, -0.2) is 16.9 Å². The van der Waals surface area contributed by atoms with E-state index in [1.807, 2.05) is 6.92 Å². The van der Waals surface area contributed by atoms with Gasteiger partial charge in [0.05, 0.1) is 5.69 Å². The van der Waals surface area contributed by atoms with Crippen LogP contribution in [0.1, 0.15) is 23.9 Å². The lowest BCUT2D eigenvalue weighted by Crippen LogP contribution is -2.19. The zero-order valence-corrected chi connectivity index (χ0v) is 9.80. The number of halogens is 1. The number of thiazole rings is 1. The number of hydrogen-bond acceptors (Lipinski definition) is 3. The molecule has 0 radical (unpaired) electrons. The number of alkyl halides is 1. The molecule has 0 aliphatic carbocycles. The molecule has 0 aliphatic heterocycles. The van der Waals surface area contributed by atoms with E-state index >= 15 is 0 Å². The van der Waals surface area contributed by atoms with Crippen LogP contribution in [0.4, 0.5) is 5.13 Å². The Hall–Kier alpha value is -0.280. The highest BCUT2D eigenvalue weighted by atomic mass is 35.5. The van der Waals surface area contributed by atoms with Crippen molar-refractivity contribution in [1.29, 1.82) is 0 Å². The van der Waals surface area contributed by atoms with E-state index in [1.165, 1.54) is 4.88 Å². The van der Waals surface area contributed by atoms with E-state index < -0.39 is 0 Å². The van der Waals surface area contributed by atoms with Gasteiger partial charge in [0, 0.05) is 16.8 Å². The number of aryl methyl sites for hydroxylation is 2. The smallest absolute Gasteiger partial charge is 0.183 e. The molecule has 1 aromatic rings. The van der Waals surface area contributed by atoms with E-state index in [9.17, 15) is 0 Å². The Balaban J connectivity index is 2.62. The fraction of sp³-hybridized carbons (Fsp3) is 0.667. The molecular formula is C9H15ClN2S. The Morgan fingerprint density at radius 1 is 1.54 bits per heavy atom. The quantitative estimate of drug-likeness (QED) is 0.786. The standard InChI is InChI=1S/C9H15ClN2S/c1-4-8(5-10)12-9-11-6(2)7(3)13-9/h8H,4-5H2,1-3H3,(H,11,12). The normalized spacial score (nSPS) is 12.9. The highest BCUT2D eigenvalue weighted by Crippen LogP contribution is 2.22. The van der Waals surface area contributed by atoms with Crippen LogP contribution in [0.3, 0.4) is 0 Å². The first-order valence-corrected chi connectivity index (χ1v) is 5.79. The lowest BCUT2D eigenvalue weighted by molar-refractivity contribution is 0.769. The van der Waals surface area contributed by atoms with E-state index in [0.29, 0.717) is 11.9 Å². The van der Waals surface area contributed by atoms with Gasteiger partial charge in [-0.15, -0.1) is 22.9 Å². The van der Waals surface area contributed by atoms with E-state index in [-0.39, 0.29) is 0 Å². The Kier molecular flexibility index (Phi) is 4.00. The van der Waals surface area contributed by atoms with Gasteiger partial charge in [-0.25, -0.2) is 4.98 Å². The van der Waals surface area contributed by atoms with Crippen LogP contribution in [0, 0.1) is 13.8 Å². The minimum Gasteiger partial charge on any atom is -0.358 e. The summed E-state index contributed by atoms with van der Waals surface area (Å²) in [5.74, 6) is 0.633. The van der Waals surface area contributed by atoms with Crippen molar-refractivity contribution >= 4 is 28.1 Å². The molecule has 13 heavy (non-hydrogen) atoms. The molecule has 1 aromatic heterocycles. The Morgan fingerprint density at radius 3 is 2.62 bits per heavy atom. The predicted molar refractivity (Wildman–Crippen MR) is 60.0 cm³/mol. The Labute approximate surface area is 88.3 Å². The van der Waals surface area contributed by atoms with Gasteiger partial charge in [0.1, 0.15) is 0 Å². The molecule has 1 unspecified atom stereocenters. The molecule has 4 heteroatoms. The third kappa shape index (κ3) is 2.85. The van der Waals surface area contributed by atoms with Crippen molar-refractivity contribution in [3.05, 3.63) is 10.6 Å². The maximum Gasteiger partial charge on any atom is 0.183 e. The summed E-state index contributed by atoms with van der Waals surface area (Å²) in [6.45, 7) is 6.23. The van der Waals surface area contributed by atoms with Gasteiger partial charge < -0.3 is 5.32 Å². The van der Waals surface area contributed by atoms with E-state index in [4.69, 9.17) is 11.6 Å². The van der Waals surface area contributed by atoms with Crippen molar-refractivity contribution in [2.45, 2.75) is 33.2 Å². The average molecular weight is 219 g/mol. The molecule has 0 saturated heterocycles. The highest BCUT2D eigenvalue weighted by molar-refractivity contribution is 7.15. The zero-order valence-electron chi connectivity index (χ0n) is 8.22. The average Bonchev–Trinajstić information content (AvgIpc) is 2.42. The molecule has 0 spiro atoms. The first kappa shape index (κ1) is 10.8. The monoisotopic (exact) mass is 218 g/mol. The third-order valence-corrected chi connectivity index (χ3v) is 3.41. The Morgan fingerprint density at radius 2 is 2.23 bits per heavy atom. The number of rotatable bonds is 4. The van der Waals surface area contributed by atoms with Crippen LogP contribution in [0.2, 0.25) is 0 Å². The number of aromatic nitrogens is 1. The lowest BCUT2D eigenvalue weighted by Gasteiger charge is -2.11. The maximum absolute atomic E-state index is 5.78. The summed E-state index contributed by atoms with van der Waals surface area (Å²) in [4.78, 5) is 5.66. The van der Waals surface area contributed by atoms with Gasteiger partial charge in [-0.05, 0) is 20.3 Å². The largest absolute Gasteiger partial charge is 0.358 e. The Bertz CT molecular complexity index is 249. The van der Waals surface area contributed by atoms with Crippen LogP contribution in [0.25, 0.3) is 0 Å². The van der Waals surface area contributed by atoms with Crippen molar-refractivity contribution in [2.24, 2.45) is 0 Å². The molecule has 0 saturated carbocycles. The number of nitrogens with one attached hydrogen (secondary N) is 1. The molecule has 0 aliphatic rings. The second-order valence-corrected chi connectivity index (χ2v) is 4.58. The van der Waals surface area contributed by atoms with E-state index in [1.54, 1.807) is 11.3 Å². The second kappa shape index (κ2) is 4.82. The fourth-order valence-corrected chi connectivity index (χ4v) is 2.15. The number of hydrogen-bond donors (Lipinski definition) is 1. The molecular weight excluding hydrogens is 204 g/mol. The molecule has 1 heterocycles. The van der Waals surface area contributed by atoms with Gasteiger partial charge in [0.25, 0.3) is 0 Å². The fourth-order valence-electron chi connectivity index (χ4n) is 0.959. The van der Waals surface area contributed by atoms with Crippen LogP contribution in [0.5, 0.6) is 0 Å². The topological polar surface area (TPSA) is 24.9 Å². The minimum absolute atomic E-state index is 0.339. The van der Waals surface area contributed by atoms with Crippen molar-refractivity contribution in [2.75, 3.05) is 11.2 Å². The van der Waals surface area contributed by atoms with Crippen molar-refractivity contribution in [3.63, 3.8) is 0 Å². The molecule has 1 atom stereocenters.